The molecule has 0 atom stereocenters. The fraction of sp³-hybridized carbons (Fsp3) is 0.250. The third kappa shape index (κ3) is 6.11. The Bertz CT molecular complexity index is 1310. The van der Waals surface area contributed by atoms with Crippen LogP contribution in [0.15, 0.2) is 72.8 Å². The summed E-state index contributed by atoms with van der Waals surface area (Å²) in [5.41, 5.74) is 2.68. The van der Waals surface area contributed by atoms with Crippen LogP contribution in [0.5, 0.6) is 5.75 Å². The molecule has 0 aliphatic heterocycles. The molecule has 35 heavy (non-hydrogen) atoms. The van der Waals surface area contributed by atoms with E-state index in [1.54, 1.807) is 18.2 Å². The van der Waals surface area contributed by atoms with E-state index in [0.717, 1.165) is 11.4 Å². The summed E-state index contributed by atoms with van der Waals surface area (Å²) in [5.74, 6) is 2.01. The molecule has 0 fully saturated rings. The van der Waals surface area contributed by atoms with Crippen molar-refractivity contribution in [2.45, 2.75) is 45.6 Å². The number of para-hydroxylation sites is 1. The summed E-state index contributed by atoms with van der Waals surface area (Å²) in [6, 6.07) is 22.8. The second-order valence-electron chi connectivity index (χ2n) is 9.31. The van der Waals surface area contributed by atoms with Crippen LogP contribution in [0.2, 0.25) is 10.0 Å². The first-order chi connectivity index (χ1) is 16.7. The Labute approximate surface area is 215 Å². The van der Waals surface area contributed by atoms with Gasteiger partial charge in [0.05, 0.1) is 5.02 Å². The number of rotatable bonds is 8. The summed E-state index contributed by atoms with van der Waals surface area (Å²) in [4.78, 5) is 12.8. The van der Waals surface area contributed by atoms with Gasteiger partial charge in [-0.1, -0.05) is 74.3 Å². The van der Waals surface area contributed by atoms with Crippen molar-refractivity contribution in [1.82, 2.24) is 14.8 Å². The molecule has 7 heteroatoms. The largest absolute Gasteiger partial charge is 0.486 e. The zero-order chi connectivity index (χ0) is 25.0. The molecule has 0 amide bonds. The Balaban J connectivity index is 1.53. The predicted molar refractivity (Wildman–Crippen MR) is 140 cm³/mol. The standard InChI is InChI=1S/C28H27Cl2N3O2/c1-28(2,3)19-9-12-22(13-10-19)35-18-27-32-31-26(33(27)21-7-5-4-6-8-21)16-15-25(34)23-14-11-20(29)17-24(23)30/h4-14,17H,15-16,18H2,1-3H3. The first kappa shape index (κ1) is 25.0. The molecule has 0 saturated heterocycles. The molecule has 0 saturated carbocycles. The Morgan fingerprint density at radius 2 is 1.60 bits per heavy atom. The second-order valence-corrected chi connectivity index (χ2v) is 10.2. The van der Waals surface area contributed by atoms with Crippen molar-refractivity contribution in [1.29, 1.82) is 0 Å². The van der Waals surface area contributed by atoms with E-state index in [-0.39, 0.29) is 24.2 Å². The lowest BCUT2D eigenvalue weighted by molar-refractivity contribution is 0.0982. The number of ether oxygens (including phenoxy) is 1. The van der Waals surface area contributed by atoms with Crippen LogP contribution in [0, 0.1) is 0 Å². The number of aryl methyl sites for hydroxylation is 1. The average molecular weight is 508 g/mol. The highest BCUT2D eigenvalue weighted by Gasteiger charge is 2.18. The second kappa shape index (κ2) is 10.6. The number of Topliss-reactive ketones (excluding diaryl/α,β-unsaturated/α-hetero) is 1. The molecule has 0 unspecified atom stereocenters. The van der Waals surface area contributed by atoms with Crippen molar-refractivity contribution >= 4 is 29.0 Å². The lowest BCUT2D eigenvalue weighted by atomic mass is 9.87. The number of carbonyl (C=O) groups excluding carboxylic acids is 1. The summed E-state index contributed by atoms with van der Waals surface area (Å²) in [5, 5.41) is 9.60. The van der Waals surface area contributed by atoms with E-state index >= 15 is 0 Å². The topological polar surface area (TPSA) is 57.0 Å². The molecule has 5 nitrogen and oxygen atoms in total. The summed E-state index contributed by atoms with van der Waals surface area (Å²) >= 11 is 12.2. The minimum absolute atomic E-state index is 0.0778. The van der Waals surface area contributed by atoms with Crippen molar-refractivity contribution in [3.8, 4) is 11.4 Å². The van der Waals surface area contributed by atoms with Gasteiger partial charge >= 0.3 is 0 Å². The molecule has 1 aromatic heterocycles. The quantitative estimate of drug-likeness (QED) is 0.235. The van der Waals surface area contributed by atoms with Gasteiger partial charge in [0.25, 0.3) is 0 Å². The number of hydrogen-bond acceptors (Lipinski definition) is 4. The maximum absolute atomic E-state index is 12.8. The Morgan fingerprint density at radius 1 is 0.914 bits per heavy atom. The third-order valence-corrected chi connectivity index (χ3v) is 6.25. The number of aromatic nitrogens is 3. The van der Waals surface area contributed by atoms with Gasteiger partial charge in [-0.15, -0.1) is 10.2 Å². The van der Waals surface area contributed by atoms with Gasteiger partial charge in [-0.25, -0.2) is 0 Å². The molecule has 0 aliphatic rings. The predicted octanol–water partition coefficient (Wildman–Crippen LogP) is 7.27. The summed E-state index contributed by atoms with van der Waals surface area (Å²) in [6.07, 6.45) is 0.640. The van der Waals surface area contributed by atoms with Gasteiger partial charge in [0.15, 0.2) is 11.6 Å². The van der Waals surface area contributed by atoms with Crippen LogP contribution in [0.25, 0.3) is 5.69 Å². The molecular weight excluding hydrogens is 481 g/mol. The van der Waals surface area contributed by atoms with Crippen molar-refractivity contribution in [3.05, 3.63) is 106 Å². The van der Waals surface area contributed by atoms with E-state index in [2.05, 4.69) is 43.1 Å². The SMILES string of the molecule is CC(C)(C)c1ccc(OCc2nnc(CCC(=O)c3ccc(Cl)cc3Cl)n2-c2ccccc2)cc1. The molecular formula is C28H27Cl2N3O2. The molecule has 4 rings (SSSR count). The molecule has 0 bridgehead atoms. The maximum atomic E-state index is 12.8. The zero-order valence-corrected chi connectivity index (χ0v) is 21.5. The highest BCUT2D eigenvalue weighted by Crippen LogP contribution is 2.26. The van der Waals surface area contributed by atoms with Gasteiger partial charge in [0.1, 0.15) is 18.2 Å². The number of carbonyl (C=O) groups is 1. The lowest BCUT2D eigenvalue weighted by Gasteiger charge is -2.19. The fourth-order valence-corrected chi connectivity index (χ4v) is 4.27. The van der Waals surface area contributed by atoms with E-state index in [0.29, 0.717) is 33.7 Å². The lowest BCUT2D eigenvalue weighted by Crippen LogP contribution is -2.11. The van der Waals surface area contributed by atoms with Crippen LogP contribution in [-0.2, 0) is 18.4 Å². The van der Waals surface area contributed by atoms with Gasteiger partial charge in [-0.2, -0.15) is 0 Å². The number of benzene rings is 3. The van der Waals surface area contributed by atoms with E-state index < -0.39 is 0 Å². The Hall–Kier alpha value is -3.15. The molecule has 4 aromatic rings. The van der Waals surface area contributed by atoms with Gasteiger partial charge in [-0.05, 0) is 53.4 Å². The van der Waals surface area contributed by atoms with Crippen LogP contribution in [-0.4, -0.2) is 20.5 Å². The Kier molecular flexibility index (Phi) is 7.58. The van der Waals surface area contributed by atoms with Crippen molar-refractivity contribution < 1.29 is 9.53 Å². The van der Waals surface area contributed by atoms with Crippen LogP contribution < -0.4 is 4.74 Å². The van der Waals surface area contributed by atoms with Gasteiger partial charge in [0.2, 0.25) is 0 Å². The molecule has 0 N–H and O–H groups in total. The van der Waals surface area contributed by atoms with Crippen LogP contribution in [0.4, 0.5) is 0 Å². The van der Waals surface area contributed by atoms with Crippen LogP contribution >= 0.6 is 23.2 Å². The van der Waals surface area contributed by atoms with Crippen LogP contribution in [0.1, 0.15) is 54.8 Å². The minimum atomic E-state index is -0.0778. The number of hydrogen-bond donors (Lipinski definition) is 0. The van der Waals surface area contributed by atoms with Crippen molar-refractivity contribution in [2.24, 2.45) is 0 Å². The number of nitrogens with zero attached hydrogens (tertiary/aromatic N) is 3. The van der Waals surface area contributed by atoms with E-state index in [1.807, 2.05) is 47.0 Å². The molecule has 3 aromatic carbocycles. The highest BCUT2D eigenvalue weighted by molar-refractivity contribution is 6.36. The zero-order valence-electron chi connectivity index (χ0n) is 20.0. The monoisotopic (exact) mass is 507 g/mol. The van der Waals surface area contributed by atoms with E-state index in [1.165, 1.54) is 5.56 Å². The molecule has 180 valence electrons. The normalized spacial score (nSPS) is 11.5. The summed E-state index contributed by atoms with van der Waals surface area (Å²) < 4.78 is 7.98. The molecule has 0 aliphatic carbocycles. The molecule has 0 spiro atoms. The smallest absolute Gasteiger partial charge is 0.175 e. The Morgan fingerprint density at radius 3 is 2.26 bits per heavy atom. The minimum Gasteiger partial charge on any atom is -0.486 e. The highest BCUT2D eigenvalue weighted by atomic mass is 35.5. The van der Waals surface area contributed by atoms with Gasteiger partial charge < -0.3 is 4.74 Å². The van der Waals surface area contributed by atoms with Crippen LogP contribution in [0.3, 0.4) is 0 Å². The maximum Gasteiger partial charge on any atom is 0.175 e. The summed E-state index contributed by atoms with van der Waals surface area (Å²) in [6.45, 7) is 6.78. The fourth-order valence-electron chi connectivity index (χ4n) is 3.76. The van der Waals surface area contributed by atoms with Crippen molar-refractivity contribution in [3.63, 3.8) is 0 Å². The first-order valence-electron chi connectivity index (χ1n) is 11.4. The van der Waals surface area contributed by atoms with Crippen molar-refractivity contribution in [2.75, 3.05) is 0 Å². The third-order valence-electron chi connectivity index (χ3n) is 5.71. The average Bonchev–Trinajstić information content (AvgIpc) is 3.24. The molecule has 0 radical (unpaired) electrons. The number of halogens is 2. The van der Waals surface area contributed by atoms with Gasteiger partial charge in [0, 0.05) is 29.1 Å². The van der Waals surface area contributed by atoms with E-state index in [4.69, 9.17) is 27.9 Å². The van der Waals surface area contributed by atoms with Gasteiger partial charge in [-0.3, -0.25) is 9.36 Å². The number of ketones is 1. The summed E-state index contributed by atoms with van der Waals surface area (Å²) in [7, 11) is 0. The molecule has 1 heterocycles. The van der Waals surface area contributed by atoms with E-state index in [9.17, 15) is 4.79 Å². The first-order valence-corrected chi connectivity index (χ1v) is 12.2.